The topological polar surface area (TPSA) is 97.1 Å². The standard InChI is InChI=1S/C23H20N4O3S/c1-13(28)24-11-14-9-10-20(30-14)19-12-31-23(26-19)27-22(29)21-15-5-2-3-7-17(15)25-18-8-4-6-16(18)21/h2-3,5,7,9-10,12H,4,6,8,11H2,1H3,(H,24,28)(H,26,27,29). The summed E-state index contributed by atoms with van der Waals surface area (Å²) >= 11 is 1.35. The number of aryl methyl sites for hydroxylation is 1. The van der Waals surface area contributed by atoms with E-state index in [1.165, 1.54) is 18.3 Å². The Bertz CT molecular complexity index is 1310. The number of thiazole rings is 1. The Morgan fingerprint density at radius 2 is 2.00 bits per heavy atom. The van der Waals surface area contributed by atoms with E-state index in [4.69, 9.17) is 9.40 Å². The quantitative estimate of drug-likeness (QED) is 0.489. The number of hydrogen-bond acceptors (Lipinski definition) is 6. The summed E-state index contributed by atoms with van der Waals surface area (Å²) in [5.41, 5.74) is 4.24. The predicted octanol–water partition coefficient (Wildman–Crippen LogP) is 4.33. The van der Waals surface area contributed by atoms with Gasteiger partial charge in [-0.3, -0.25) is 19.9 Å². The molecule has 0 saturated heterocycles. The molecule has 0 spiro atoms. The monoisotopic (exact) mass is 432 g/mol. The van der Waals surface area contributed by atoms with E-state index < -0.39 is 0 Å². The summed E-state index contributed by atoms with van der Waals surface area (Å²) in [6.45, 7) is 1.78. The molecule has 2 N–H and O–H groups in total. The van der Waals surface area contributed by atoms with Crippen LogP contribution in [0.3, 0.4) is 0 Å². The van der Waals surface area contributed by atoms with Gasteiger partial charge in [-0.05, 0) is 43.0 Å². The SMILES string of the molecule is CC(=O)NCc1ccc(-c2csc(NC(=O)c3c4c(nc5ccccc35)CCC4)n2)o1. The van der Waals surface area contributed by atoms with Gasteiger partial charge >= 0.3 is 0 Å². The van der Waals surface area contributed by atoms with Gasteiger partial charge in [0.1, 0.15) is 11.5 Å². The van der Waals surface area contributed by atoms with E-state index in [0.717, 1.165) is 41.4 Å². The fourth-order valence-electron chi connectivity index (χ4n) is 3.90. The predicted molar refractivity (Wildman–Crippen MR) is 119 cm³/mol. The molecule has 3 heterocycles. The highest BCUT2D eigenvalue weighted by molar-refractivity contribution is 7.14. The summed E-state index contributed by atoms with van der Waals surface area (Å²) in [6, 6.07) is 11.4. The highest BCUT2D eigenvalue weighted by Crippen LogP contribution is 2.32. The molecule has 1 aliphatic rings. The molecule has 31 heavy (non-hydrogen) atoms. The van der Waals surface area contributed by atoms with E-state index in [9.17, 15) is 9.59 Å². The van der Waals surface area contributed by atoms with Gasteiger partial charge in [0.2, 0.25) is 5.91 Å². The van der Waals surface area contributed by atoms with Crippen LogP contribution < -0.4 is 10.6 Å². The van der Waals surface area contributed by atoms with Gasteiger partial charge in [0.25, 0.3) is 5.91 Å². The van der Waals surface area contributed by atoms with E-state index in [2.05, 4.69) is 15.6 Å². The number of aromatic nitrogens is 2. The first kappa shape index (κ1) is 19.4. The molecule has 0 unspecified atom stereocenters. The molecule has 4 aromatic rings. The molecule has 7 nitrogen and oxygen atoms in total. The largest absolute Gasteiger partial charge is 0.458 e. The van der Waals surface area contributed by atoms with Crippen LogP contribution in [0.25, 0.3) is 22.4 Å². The Morgan fingerprint density at radius 3 is 2.87 bits per heavy atom. The maximum absolute atomic E-state index is 13.3. The third-order valence-corrected chi connectivity index (χ3v) is 6.05. The number of carbonyl (C=O) groups is 2. The molecule has 0 radical (unpaired) electrons. The van der Waals surface area contributed by atoms with Crippen molar-refractivity contribution in [2.75, 3.05) is 5.32 Å². The van der Waals surface area contributed by atoms with Crippen LogP contribution >= 0.6 is 11.3 Å². The Labute approximate surface area is 182 Å². The van der Waals surface area contributed by atoms with E-state index in [-0.39, 0.29) is 11.8 Å². The van der Waals surface area contributed by atoms with Gasteiger partial charge in [-0.2, -0.15) is 0 Å². The van der Waals surface area contributed by atoms with Crippen LogP contribution in [0.5, 0.6) is 0 Å². The smallest absolute Gasteiger partial charge is 0.258 e. The number of pyridine rings is 1. The molecule has 0 bridgehead atoms. The third-order valence-electron chi connectivity index (χ3n) is 5.30. The molecule has 1 aliphatic carbocycles. The van der Waals surface area contributed by atoms with Crippen LogP contribution in [0.4, 0.5) is 5.13 Å². The van der Waals surface area contributed by atoms with Crippen molar-refractivity contribution in [2.24, 2.45) is 0 Å². The average molecular weight is 433 g/mol. The second kappa shape index (κ2) is 7.96. The molecule has 0 saturated carbocycles. The number of anilines is 1. The highest BCUT2D eigenvalue weighted by atomic mass is 32.1. The minimum absolute atomic E-state index is 0.119. The zero-order valence-corrected chi connectivity index (χ0v) is 17.7. The number of carbonyl (C=O) groups excluding carboxylic acids is 2. The highest BCUT2D eigenvalue weighted by Gasteiger charge is 2.24. The maximum atomic E-state index is 13.3. The van der Waals surface area contributed by atoms with E-state index in [0.29, 0.717) is 34.5 Å². The third kappa shape index (κ3) is 3.82. The number of amides is 2. The summed E-state index contributed by atoms with van der Waals surface area (Å²) in [5, 5.41) is 8.87. The molecular formula is C23H20N4O3S. The van der Waals surface area contributed by atoms with Crippen molar-refractivity contribution in [1.82, 2.24) is 15.3 Å². The normalized spacial score (nSPS) is 12.7. The van der Waals surface area contributed by atoms with Gasteiger partial charge in [-0.1, -0.05) is 18.2 Å². The van der Waals surface area contributed by atoms with Crippen molar-refractivity contribution in [2.45, 2.75) is 32.7 Å². The van der Waals surface area contributed by atoms with Crippen LogP contribution in [0.2, 0.25) is 0 Å². The van der Waals surface area contributed by atoms with E-state index in [1.54, 1.807) is 12.1 Å². The summed E-state index contributed by atoms with van der Waals surface area (Å²) < 4.78 is 5.75. The minimum atomic E-state index is -0.163. The lowest BCUT2D eigenvalue weighted by Gasteiger charge is -2.11. The second-order valence-corrected chi connectivity index (χ2v) is 8.31. The van der Waals surface area contributed by atoms with Crippen molar-refractivity contribution in [3.8, 4) is 11.5 Å². The van der Waals surface area contributed by atoms with Crippen molar-refractivity contribution >= 4 is 39.2 Å². The van der Waals surface area contributed by atoms with Crippen molar-refractivity contribution < 1.29 is 14.0 Å². The van der Waals surface area contributed by atoms with E-state index in [1.807, 2.05) is 29.6 Å². The molecule has 0 aliphatic heterocycles. The number of benzene rings is 1. The molecule has 0 atom stereocenters. The van der Waals surface area contributed by atoms with Gasteiger partial charge < -0.3 is 9.73 Å². The van der Waals surface area contributed by atoms with Crippen molar-refractivity contribution in [1.29, 1.82) is 0 Å². The number of nitrogens with zero attached hydrogens (tertiary/aromatic N) is 2. The lowest BCUT2D eigenvalue weighted by Crippen LogP contribution is -2.18. The molecule has 8 heteroatoms. The number of fused-ring (bicyclic) bond motifs is 2. The first-order valence-corrected chi connectivity index (χ1v) is 11.0. The molecule has 0 fully saturated rings. The average Bonchev–Trinajstić information content (AvgIpc) is 3.50. The number of rotatable bonds is 5. The maximum Gasteiger partial charge on any atom is 0.258 e. The summed E-state index contributed by atoms with van der Waals surface area (Å²) in [6.07, 6.45) is 2.78. The van der Waals surface area contributed by atoms with Crippen LogP contribution in [0, 0.1) is 0 Å². The van der Waals surface area contributed by atoms with Crippen LogP contribution in [-0.2, 0) is 24.2 Å². The summed E-state index contributed by atoms with van der Waals surface area (Å²) in [4.78, 5) is 33.6. The van der Waals surface area contributed by atoms with Crippen LogP contribution in [-0.4, -0.2) is 21.8 Å². The van der Waals surface area contributed by atoms with Gasteiger partial charge in [-0.15, -0.1) is 11.3 Å². The van der Waals surface area contributed by atoms with Gasteiger partial charge in [-0.25, -0.2) is 4.98 Å². The molecule has 3 aromatic heterocycles. The minimum Gasteiger partial charge on any atom is -0.458 e. The van der Waals surface area contributed by atoms with Gasteiger partial charge in [0, 0.05) is 23.4 Å². The fraction of sp³-hybridized carbons (Fsp3) is 0.217. The lowest BCUT2D eigenvalue weighted by molar-refractivity contribution is -0.119. The molecule has 5 rings (SSSR count). The van der Waals surface area contributed by atoms with Crippen LogP contribution in [0.15, 0.2) is 46.2 Å². The number of furan rings is 1. The number of hydrogen-bond donors (Lipinski definition) is 2. The Kier molecular flexibility index (Phi) is 4.99. The molecular weight excluding hydrogens is 412 g/mol. The Morgan fingerprint density at radius 1 is 1.13 bits per heavy atom. The lowest BCUT2D eigenvalue weighted by atomic mass is 10.0. The zero-order chi connectivity index (χ0) is 21.4. The van der Waals surface area contributed by atoms with Crippen molar-refractivity contribution in [3.05, 3.63) is 64.4 Å². The number of nitrogens with one attached hydrogen (secondary N) is 2. The second-order valence-electron chi connectivity index (χ2n) is 7.45. The molecule has 156 valence electrons. The Hall–Kier alpha value is -3.52. The first-order chi connectivity index (χ1) is 15.1. The zero-order valence-electron chi connectivity index (χ0n) is 16.9. The van der Waals surface area contributed by atoms with E-state index >= 15 is 0 Å². The van der Waals surface area contributed by atoms with Gasteiger partial charge in [0.15, 0.2) is 10.9 Å². The van der Waals surface area contributed by atoms with Crippen molar-refractivity contribution in [3.63, 3.8) is 0 Å². The summed E-state index contributed by atoms with van der Waals surface area (Å²) in [7, 11) is 0. The van der Waals surface area contributed by atoms with Crippen LogP contribution in [0.1, 0.15) is 40.7 Å². The fourth-order valence-corrected chi connectivity index (χ4v) is 4.59. The first-order valence-electron chi connectivity index (χ1n) is 10.1. The molecule has 2 amide bonds. The molecule has 1 aromatic carbocycles. The number of para-hydroxylation sites is 1. The van der Waals surface area contributed by atoms with Gasteiger partial charge in [0.05, 0.1) is 17.6 Å². The summed E-state index contributed by atoms with van der Waals surface area (Å²) in [5.74, 6) is 0.949. The Balaban J connectivity index is 1.39.